The highest BCUT2D eigenvalue weighted by Gasteiger charge is 2.20. The van der Waals surface area contributed by atoms with E-state index in [0.29, 0.717) is 17.5 Å². The first-order valence-electron chi connectivity index (χ1n) is 8.96. The van der Waals surface area contributed by atoms with Gasteiger partial charge in [-0.15, -0.1) is 0 Å². The van der Waals surface area contributed by atoms with Crippen LogP contribution in [0.4, 0.5) is 11.5 Å². The Bertz CT molecular complexity index is 882. The molecule has 0 atom stereocenters. The molecule has 1 N–H and O–H groups in total. The summed E-state index contributed by atoms with van der Waals surface area (Å²) < 4.78 is 32.7. The monoisotopic (exact) mass is 409 g/mol. The van der Waals surface area contributed by atoms with Crippen LogP contribution in [0.2, 0.25) is 5.02 Å². The molecule has 6 nitrogen and oxygen atoms in total. The molecule has 0 unspecified atom stereocenters. The van der Waals surface area contributed by atoms with Crippen LogP contribution in [0.15, 0.2) is 41.4 Å². The Morgan fingerprint density at radius 2 is 1.93 bits per heavy atom. The zero-order valence-electron chi connectivity index (χ0n) is 15.5. The van der Waals surface area contributed by atoms with E-state index in [9.17, 15) is 8.42 Å². The molecule has 1 aliphatic carbocycles. The summed E-state index contributed by atoms with van der Waals surface area (Å²) in [6.07, 6.45) is 7.68. The second kappa shape index (κ2) is 8.35. The van der Waals surface area contributed by atoms with Crippen molar-refractivity contribution in [2.45, 2.75) is 43.0 Å². The number of halogens is 1. The Balaban J connectivity index is 1.72. The molecule has 3 rings (SSSR count). The number of sulfonamides is 1. The normalized spacial score (nSPS) is 15.4. The van der Waals surface area contributed by atoms with Gasteiger partial charge in [0.05, 0.1) is 28.9 Å². The molecule has 0 radical (unpaired) electrons. The van der Waals surface area contributed by atoms with Crippen molar-refractivity contribution in [3.63, 3.8) is 0 Å². The van der Waals surface area contributed by atoms with Crippen LogP contribution in [0.3, 0.4) is 0 Å². The van der Waals surface area contributed by atoms with E-state index in [2.05, 4.69) is 14.6 Å². The summed E-state index contributed by atoms with van der Waals surface area (Å²) in [6.45, 7) is 0. The van der Waals surface area contributed by atoms with E-state index in [0.717, 1.165) is 5.82 Å². The number of anilines is 2. The lowest BCUT2D eigenvalue weighted by Gasteiger charge is -2.32. The minimum Gasteiger partial charge on any atom is -0.495 e. The fraction of sp³-hybridized carbons (Fsp3) is 0.421. The van der Waals surface area contributed by atoms with E-state index >= 15 is 0 Å². The molecule has 2 aromatic rings. The first-order valence-corrected chi connectivity index (χ1v) is 10.8. The molecule has 0 bridgehead atoms. The van der Waals surface area contributed by atoms with Crippen LogP contribution < -0.4 is 14.4 Å². The van der Waals surface area contributed by atoms with Gasteiger partial charge in [0.25, 0.3) is 10.0 Å². The maximum atomic E-state index is 12.6. The highest BCUT2D eigenvalue weighted by molar-refractivity contribution is 7.92. The minimum absolute atomic E-state index is 0.0664. The highest BCUT2D eigenvalue weighted by atomic mass is 35.5. The highest BCUT2D eigenvalue weighted by Crippen LogP contribution is 2.29. The first-order chi connectivity index (χ1) is 12.9. The zero-order valence-corrected chi connectivity index (χ0v) is 17.1. The second-order valence-corrected chi connectivity index (χ2v) is 8.80. The summed E-state index contributed by atoms with van der Waals surface area (Å²) in [5.74, 6) is 1.27. The zero-order chi connectivity index (χ0) is 19.4. The molecule has 1 saturated carbocycles. The van der Waals surface area contributed by atoms with Crippen molar-refractivity contribution in [1.82, 2.24) is 4.98 Å². The third-order valence-corrected chi connectivity index (χ3v) is 6.59. The van der Waals surface area contributed by atoms with Crippen LogP contribution >= 0.6 is 11.6 Å². The Morgan fingerprint density at radius 3 is 2.52 bits per heavy atom. The van der Waals surface area contributed by atoms with E-state index in [-0.39, 0.29) is 9.92 Å². The molecule has 1 aromatic carbocycles. The van der Waals surface area contributed by atoms with Crippen molar-refractivity contribution in [3.8, 4) is 5.75 Å². The molecule has 1 aromatic heterocycles. The van der Waals surface area contributed by atoms with Crippen molar-refractivity contribution in [1.29, 1.82) is 0 Å². The minimum atomic E-state index is -3.76. The van der Waals surface area contributed by atoms with Crippen molar-refractivity contribution in [3.05, 3.63) is 41.6 Å². The lowest BCUT2D eigenvalue weighted by atomic mass is 9.94. The van der Waals surface area contributed by atoms with Gasteiger partial charge in [-0.3, -0.25) is 4.72 Å². The average Bonchev–Trinajstić information content (AvgIpc) is 2.68. The Kier molecular flexibility index (Phi) is 6.11. The van der Waals surface area contributed by atoms with Gasteiger partial charge >= 0.3 is 0 Å². The third-order valence-electron chi connectivity index (χ3n) is 4.92. The second-order valence-electron chi connectivity index (χ2n) is 6.71. The summed E-state index contributed by atoms with van der Waals surface area (Å²) in [4.78, 5) is 6.68. The lowest BCUT2D eigenvalue weighted by Crippen LogP contribution is -2.33. The number of nitrogens with one attached hydrogen (secondary N) is 1. The fourth-order valence-electron chi connectivity index (χ4n) is 3.34. The third kappa shape index (κ3) is 4.65. The number of ether oxygens (including phenoxy) is 1. The van der Waals surface area contributed by atoms with Gasteiger partial charge in [-0.2, -0.15) is 0 Å². The van der Waals surface area contributed by atoms with Gasteiger partial charge in [-0.25, -0.2) is 13.4 Å². The molecular formula is C19H24ClN3O3S. The first kappa shape index (κ1) is 19.8. The number of aromatic nitrogens is 1. The average molecular weight is 410 g/mol. The molecule has 8 heteroatoms. The van der Waals surface area contributed by atoms with Gasteiger partial charge in [0.15, 0.2) is 0 Å². The van der Waals surface area contributed by atoms with E-state index in [4.69, 9.17) is 16.3 Å². The van der Waals surface area contributed by atoms with Crippen LogP contribution in [0.25, 0.3) is 0 Å². The number of methoxy groups -OCH3 is 1. The number of benzene rings is 1. The lowest BCUT2D eigenvalue weighted by molar-refractivity contribution is 0.414. The van der Waals surface area contributed by atoms with Crippen LogP contribution in [0.1, 0.15) is 32.1 Å². The largest absolute Gasteiger partial charge is 0.495 e. The summed E-state index contributed by atoms with van der Waals surface area (Å²) in [5.41, 5.74) is 0.405. The molecule has 1 aliphatic rings. The predicted molar refractivity (Wildman–Crippen MR) is 108 cm³/mol. The van der Waals surface area contributed by atoms with Crippen LogP contribution in [-0.4, -0.2) is 33.6 Å². The van der Waals surface area contributed by atoms with E-state index < -0.39 is 10.0 Å². The number of hydrogen-bond donors (Lipinski definition) is 1. The van der Waals surface area contributed by atoms with Crippen LogP contribution in [0.5, 0.6) is 5.75 Å². The van der Waals surface area contributed by atoms with E-state index in [1.54, 1.807) is 6.07 Å². The summed E-state index contributed by atoms with van der Waals surface area (Å²) in [5, 5.41) is 0.239. The molecule has 146 valence electrons. The standard InChI is InChI=1S/C19H24ClN3O3S/c1-23(15-6-4-3-5-7-15)19-11-8-14(13-21-19)22-27(24,25)16-9-10-18(26-2)17(20)12-16/h8-13,15,22H,3-7H2,1-2H3. The quantitative estimate of drug-likeness (QED) is 0.769. The topological polar surface area (TPSA) is 71.5 Å². The van der Waals surface area contributed by atoms with Crippen molar-refractivity contribution in [2.24, 2.45) is 0 Å². The maximum absolute atomic E-state index is 12.6. The maximum Gasteiger partial charge on any atom is 0.261 e. The molecule has 1 heterocycles. The van der Waals surface area contributed by atoms with Crippen LogP contribution in [0, 0.1) is 0 Å². The van der Waals surface area contributed by atoms with Crippen LogP contribution in [-0.2, 0) is 10.0 Å². The Morgan fingerprint density at radius 1 is 1.19 bits per heavy atom. The van der Waals surface area contributed by atoms with Crippen molar-refractivity contribution in [2.75, 3.05) is 23.8 Å². The van der Waals surface area contributed by atoms with Gasteiger partial charge in [-0.05, 0) is 43.2 Å². The van der Waals surface area contributed by atoms with Crippen molar-refractivity contribution < 1.29 is 13.2 Å². The molecular weight excluding hydrogens is 386 g/mol. The Labute approximate surface area is 165 Å². The summed E-state index contributed by atoms with van der Waals surface area (Å²) in [6, 6.07) is 8.40. The van der Waals surface area contributed by atoms with Gasteiger partial charge in [-0.1, -0.05) is 30.9 Å². The Hall–Kier alpha value is -1.99. The molecule has 0 saturated heterocycles. The smallest absolute Gasteiger partial charge is 0.261 e. The summed E-state index contributed by atoms with van der Waals surface area (Å²) >= 11 is 6.03. The number of pyridine rings is 1. The SMILES string of the molecule is COc1ccc(S(=O)(=O)Nc2ccc(N(C)C3CCCCC3)nc2)cc1Cl. The number of nitrogens with zero attached hydrogens (tertiary/aromatic N) is 2. The molecule has 1 fully saturated rings. The predicted octanol–water partition coefficient (Wildman–Crippen LogP) is 4.31. The van der Waals surface area contributed by atoms with Gasteiger partial charge in [0.2, 0.25) is 0 Å². The van der Waals surface area contributed by atoms with E-state index in [1.165, 1.54) is 63.6 Å². The molecule has 0 spiro atoms. The fourth-order valence-corrected chi connectivity index (χ4v) is 4.73. The van der Waals surface area contributed by atoms with E-state index in [1.807, 2.05) is 13.1 Å². The van der Waals surface area contributed by atoms with Gasteiger partial charge < -0.3 is 9.64 Å². The summed E-state index contributed by atoms with van der Waals surface area (Å²) in [7, 11) is -0.237. The van der Waals surface area contributed by atoms with Gasteiger partial charge in [0.1, 0.15) is 11.6 Å². The van der Waals surface area contributed by atoms with Crippen molar-refractivity contribution >= 4 is 33.1 Å². The molecule has 0 aliphatic heterocycles. The number of hydrogen-bond acceptors (Lipinski definition) is 5. The molecule has 27 heavy (non-hydrogen) atoms. The van der Waals surface area contributed by atoms with Gasteiger partial charge in [0, 0.05) is 13.1 Å². The number of rotatable bonds is 6. The molecule has 0 amide bonds.